The summed E-state index contributed by atoms with van der Waals surface area (Å²) in [4.78, 5) is 31.6. The third-order valence-corrected chi connectivity index (χ3v) is 5.70. The van der Waals surface area contributed by atoms with Gasteiger partial charge in [0.15, 0.2) is 5.69 Å². The number of aromatic nitrogens is 4. The number of rotatable bonds is 4. The van der Waals surface area contributed by atoms with Crippen LogP contribution in [0.5, 0.6) is 0 Å². The number of benzene rings is 1. The Labute approximate surface area is 186 Å². The minimum atomic E-state index is -0.353. The fourth-order valence-corrected chi connectivity index (χ4v) is 3.79. The molecule has 1 N–H and O–H groups in total. The number of pyridine rings is 1. The molecule has 31 heavy (non-hydrogen) atoms. The van der Waals surface area contributed by atoms with Gasteiger partial charge in [-0.1, -0.05) is 5.21 Å². The van der Waals surface area contributed by atoms with Crippen molar-refractivity contribution in [1.29, 1.82) is 0 Å². The van der Waals surface area contributed by atoms with E-state index in [1.54, 1.807) is 42.3 Å². The van der Waals surface area contributed by atoms with Crippen LogP contribution in [0.4, 0.5) is 10.2 Å². The number of amides is 2. The highest BCUT2D eigenvalue weighted by atomic mass is 79.9. The zero-order valence-electron chi connectivity index (χ0n) is 16.8. The first-order chi connectivity index (χ1) is 14.9. The van der Waals surface area contributed by atoms with E-state index in [1.165, 1.54) is 16.8 Å². The molecule has 0 bridgehead atoms. The number of hydrogen-bond acceptors (Lipinski definition) is 5. The SMILES string of the molecule is Cc1c(C(=O)N2CCCC(C(=O)Nc3ccc(Br)cn3)C2)nnn1-c1ccc(F)cc1. The third-order valence-electron chi connectivity index (χ3n) is 5.23. The average molecular weight is 487 g/mol. The predicted molar refractivity (Wildman–Crippen MR) is 115 cm³/mol. The van der Waals surface area contributed by atoms with Gasteiger partial charge >= 0.3 is 0 Å². The average Bonchev–Trinajstić information content (AvgIpc) is 3.16. The topological polar surface area (TPSA) is 93.0 Å². The van der Waals surface area contributed by atoms with Gasteiger partial charge in [0, 0.05) is 23.8 Å². The highest BCUT2D eigenvalue weighted by Crippen LogP contribution is 2.22. The van der Waals surface area contributed by atoms with Crippen molar-refractivity contribution in [2.45, 2.75) is 19.8 Å². The van der Waals surface area contributed by atoms with Gasteiger partial charge < -0.3 is 10.2 Å². The lowest BCUT2D eigenvalue weighted by atomic mass is 9.96. The van der Waals surface area contributed by atoms with E-state index < -0.39 is 0 Å². The van der Waals surface area contributed by atoms with Crippen molar-refractivity contribution in [2.75, 3.05) is 18.4 Å². The van der Waals surface area contributed by atoms with Crippen LogP contribution in [0, 0.1) is 18.7 Å². The first kappa shape index (κ1) is 21.1. The number of hydrogen-bond donors (Lipinski definition) is 1. The zero-order chi connectivity index (χ0) is 22.0. The fourth-order valence-electron chi connectivity index (χ4n) is 3.56. The molecule has 4 rings (SSSR count). The van der Waals surface area contributed by atoms with Crippen molar-refractivity contribution in [3.05, 3.63) is 64.3 Å². The van der Waals surface area contributed by atoms with Crippen LogP contribution in [-0.2, 0) is 4.79 Å². The maximum absolute atomic E-state index is 13.2. The van der Waals surface area contributed by atoms with Crippen LogP contribution >= 0.6 is 15.9 Å². The molecule has 2 aromatic heterocycles. The molecule has 1 atom stereocenters. The number of likely N-dealkylation sites (tertiary alicyclic amines) is 1. The van der Waals surface area contributed by atoms with Gasteiger partial charge in [-0.3, -0.25) is 9.59 Å². The lowest BCUT2D eigenvalue weighted by Crippen LogP contribution is -2.44. The van der Waals surface area contributed by atoms with Crippen molar-refractivity contribution in [3.63, 3.8) is 0 Å². The Kier molecular flexibility index (Phi) is 6.08. The Morgan fingerprint density at radius 2 is 1.97 bits per heavy atom. The maximum Gasteiger partial charge on any atom is 0.276 e. The first-order valence-electron chi connectivity index (χ1n) is 9.82. The summed E-state index contributed by atoms with van der Waals surface area (Å²) in [6, 6.07) is 9.31. The Hall–Kier alpha value is -3.14. The number of nitrogens with one attached hydrogen (secondary N) is 1. The largest absolute Gasteiger partial charge is 0.336 e. The normalized spacial score (nSPS) is 16.2. The molecule has 1 aliphatic rings. The van der Waals surface area contributed by atoms with Crippen LogP contribution < -0.4 is 5.32 Å². The molecule has 0 saturated carbocycles. The summed E-state index contributed by atoms with van der Waals surface area (Å²) in [6.45, 7) is 2.58. The second-order valence-corrected chi connectivity index (χ2v) is 8.27. The van der Waals surface area contributed by atoms with E-state index in [2.05, 4.69) is 36.5 Å². The zero-order valence-corrected chi connectivity index (χ0v) is 18.3. The van der Waals surface area contributed by atoms with Gasteiger partial charge in [-0.05, 0) is 72.1 Å². The number of anilines is 1. The van der Waals surface area contributed by atoms with E-state index in [0.717, 1.165) is 4.47 Å². The van der Waals surface area contributed by atoms with E-state index in [0.29, 0.717) is 43.1 Å². The van der Waals surface area contributed by atoms with Gasteiger partial charge in [0.25, 0.3) is 5.91 Å². The lowest BCUT2D eigenvalue weighted by Gasteiger charge is -2.31. The predicted octanol–water partition coefficient (Wildman–Crippen LogP) is 3.36. The van der Waals surface area contributed by atoms with Crippen LogP contribution in [0.2, 0.25) is 0 Å². The number of piperidine rings is 1. The smallest absolute Gasteiger partial charge is 0.276 e. The molecule has 10 heteroatoms. The minimum absolute atomic E-state index is 0.168. The molecule has 8 nitrogen and oxygen atoms in total. The molecule has 1 unspecified atom stereocenters. The van der Waals surface area contributed by atoms with Crippen LogP contribution in [0.15, 0.2) is 47.1 Å². The summed E-state index contributed by atoms with van der Waals surface area (Å²) in [5.41, 5.74) is 1.39. The second-order valence-electron chi connectivity index (χ2n) is 7.35. The van der Waals surface area contributed by atoms with E-state index >= 15 is 0 Å². The summed E-state index contributed by atoms with van der Waals surface area (Å²) in [6.07, 6.45) is 3.01. The van der Waals surface area contributed by atoms with Gasteiger partial charge in [0.2, 0.25) is 5.91 Å². The van der Waals surface area contributed by atoms with Crippen LogP contribution in [0.3, 0.4) is 0 Å². The van der Waals surface area contributed by atoms with Crippen molar-refractivity contribution >= 4 is 33.6 Å². The summed E-state index contributed by atoms with van der Waals surface area (Å²) < 4.78 is 15.5. The van der Waals surface area contributed by atoms with E-state index in [4.69, 9.17) is 0 Å². The Morgan fingerprint density at radius 3 is 2.68 bits per heavy atom. The van der Waals surface area contributed by atoms with Crippen LogP contribution in [0.25, 0.3) is 5.69 Å². The third kappa shape index (κ3) is 4.63. The quantitative estimate of drug-likeness (QED) is 0.610. The second kappa shape index (κ2) is 8.93. The number of carbonyl (C=O) groups excluding carboxylic acids is 2. The van der Waals surface area contributed by atoms with E-state index in [1.807, 2.05) is 0 Å². The molecule has 2 amide bonds. The molecule has 1 saturated heterocycles. The molecular weight excluding hydrogens is 467 g/mol. The fraction of sp³-hybridized carbons (Fsp3) is 0.286. The molecule has 3 heterocycles. The molecule has 0 spiro atoms. The molecule has 160 valence electrons. The highest BCUT2D eigenvalue weighted by Gasteiger charge is 2.31. The van der Waals surface area contributed by atoms with Gasteiger partial charge in [0.1, 0.15) is 11.6 Å². The molecule has 1 fully saturated rings. The molecule has 1 aliphatic heterocycles. The van der Waals surface area contributed by atoms with Crippen molar-refractivity contribution < 1.29 is 14.0 Å². The number of carbonyl (C=O) groups is 2. The van der Waals surface area contributed by atoms with E-state index in [-0.39, 0.29) is 29.2 Å². The molecular formula is C21H20BrFN6O2. The Bertz CT molecular complexity index is 1100. The lowest BCUT2D eigenvalue weighted by molar-refractivity contribution is -0.121. The van der Waals surface area contributed by atoms with Crippen molar-refractivity contribution in [1.82, 2.24) is 24.9 Å². The highest BCUT2D eigenvalue weighted by molar-refractivity contribution is 9.10. The number of nitrogens with zero attached hydrogens (tertiary/aromatic N) is 5. The standard InChI is InChI=1S/C21H20BrFN6O2/c1-13-19(26-27-29(13)17-7-5-16(23)6-8-17)21(31)28-10-2-3-14(12-28)20(30)25-18-9-4-15(22)11-24-18/h4-9,11,14H,2-3,10,12H2,1H3,(H,24,25,30). The minimum Gasteiger partial charge on any atom is -0.336 e. The van der Waals surface area contributed by atoms with E-state index in [9.17, 15) is 14.0 Å². The molecule has 0 radical (unpaired) electrons. The monoisotopic (exact) mass is 486 g/mol. The summed E-state index contributed by atoms with van der Waals surface area (Å²) in [7, 11) is 0. The van der Waals surface area contributed by atoms with Gasteiger partial charge in [0.05, 0.1) is 17.3 Å². The summed E-state index contributed by atoms with van der Waals surface area (Å²) >= 11 is 3.31. The van der Waals surface area contributed by atoms with Gasteiger partial charge in [-0.2, -0.15) is 0 Å². The number of halogens is 2. The van der Waals surface area contributed by atoms with Crippen molar-refractivity contribution in [3.8, 4) is 5.69 Å². The molecule has 3 aromatic rings. The van der Waals surface area contributed by atoms with Gasteiger partial charge in [-0.25, -0.2) is 14.1 Å². The Balaban J connectivity index is 1.46. The first-order valence-corrected chi connectivity index (χ1v) is 10.6. The molecule has 0 aliphatic carbocycles. The van der Waals surface area contributed by atoms with Crippen molar-refractivity contribution in [2.24, 2.45) is 5.92 Å². The van der Waals surface area contributed by atoms with Gasteiger partial charge in [-0.15, -0.1) is 5.10 Å². The van der Waals surface area contributed by atoms with Crippen LogP contribution in [0.1, 0.15) is 29.0 Å². The Morgan fingerprint density at radius 1 is 1.19 bits per heavy atom. The summed E-state index contributed by atoms with van der Waals surface area (Å²) in [5, 5.41) is 10.9. The van der Waals surface area contributed by atoms with Crippen LogP contribution in [-0.4, -0.2) is 49.8 Å². The summed E-state index contributed by atoms with van der Waals surface area (Å²) in [5.74, 6) is -0.664. The molecule has 1 aromatic carbocycles. The maximum atomic E-state index is 13.2.